The topological polar surface area (TPSA) is 52.1 Å². The molecule has 0 aliphatic rings. The Balaban J connectivity index is 2.62. The molecule has 4 nitrogen and oxygen atoms in total. The summed E-state index contributed by atoms with van der Waals surface area (Å²) in [6.45, 7) is 1.71. The van der Waals surface area contributed by atoms with E-state index in [1.807, 2.05) is 0 Å². The lowest BCUT2D eigenvalue weighted by molar-refractivity contribution is 0.0593. The van der Waals surface area contributed by atoms with Gasteiger partial charge in [0, 0.05) is 5.56 Å². The van der Waals surface area contributed by atoms with Gasteiger partial charge in [-0.25, -0.2) is 9.18 Å². The number of hydrogen-bond donors (Lipinski definition) is 0. The fourth-order valence-electron chi connectivity index (χ4n) is 1.68. The number of aromatic nitrogens is 2. The number of rotatable bonds is 2. The molecular weight excluding hydrogens is 271 g/mol. The van der Waals surface area contributed by atoms with E-state index in [0.29, 0.717) is 16.8 Å². The minimum absolute atomic E-state index is 0.0610. The van der Waals surface area contributed by atoms with E-state index in [0.717, 1.165) is 0 Å². The number of nitrogens with zero attached hydrogens (tertiary/aromatic N) is 2. The highest BCUT2D eigenvalue weighted by Gasteiger charge is 2.19. The van der Waals surface area contributed by atoms with E-state index in [4.69, 9.17) is 11.6 Å². The molecule has 1 aromatic heterocycles. The summed E-state index contributed by atoms with van der Waals surface area (Å²) in [4.78, 5) is 11.5. The minimum Gasteiger partial charge on any atom is -0.464 e. The lowest BCUT2D eigenvalue weighted by Gasteiger charge is -2.09. The van der Waals surface area contributed by atoms with Gasteiger partial charge in [-0.3, -0.25) is 0 Å². The fraction of sp³-hybridized carbons (Fsp3) is 0.154. The van der Waals surface area contributed by atoms with Gasteiger partial charge in [-0.1, -0.05) is 23.7 Å². The molecule has 1 heterocycles. The summed E-state index contributed by atoms with van der Waals surface area (Å²) in [7, 11) is 1.23. The Morgan fingerprint density at radius 3 is 2.47 bits per heavy atom. The van der Waals surface area contributed by atoms with Gasteiger partial charge in [0.25, 0.3) is 0 Å². The molecule has 0 radical (unpaired) electrons. The monoisotopic (exact) mass is 280 g/mol. The minimum atomic E-state index is -0.666. The van der Waals surface area contributed by atoms with E-state index in [9.17, 15) is 9.18 Å². The molecule has 0 bridgehead atoms. The van der Waals surface area contributed by atoms with Crippen molar-refractivity contribution >= 4 is 17.6 Å². The number of carbonyl (C=O) groups excluding carboxylic acids is 1. The van der Waals surface area contributed by atoms with Gasteiger partial charge in [0.05, 0.1) is 17.8 Å². The molecule has 1 aromatic carbocycles. The SMILES string of the molecule is COC(=O)c1nnc(C)c(-c2ccc(F)cc2)c1Cl. The van der Waals surface area contributed by atoms with Gasteiger partial charge in [0.1, 0.15) is 5.82 Å². The van der Waals surface area contributed by atoms with Crippen LogP contribution in [0.25, 0.3) is 11.1 Å². The van der Waals surface area contributed by atoms with Crippen molar-refractivity contribution in [2.24, 2.45) is 0 Å². The number of aryl methyl sites for hydroxylation is 1. The summed E-state index contributed by atoms with van der Waals surface area (Å²) in [6.07, 6.45) is 0. The van der Waals surface area contributed by atoms with Crippen LogP contribution < -0.4 is 0 Å². The third kappa shape index (κ3) is 2.56. The Bertz CT molecular complexity index is 629. The van der Waals surface area contributed by atoms with Gasteiger partial charge in [-0.15, -0.1) is 5.10 Å². The molecule has 19 heavy (non-hydrogen) atoms. The Morgan fingerprint density at radius 1 is 1.26 bits per heavy atom. The molecule has 0 spiro atoms. The van der Waals surface area contributed by atoms with E-state index in [1.54, 1.807) is 19.1 Å². The second-order valence-electron chi connectivity index (χ2n) is 3.82. The molecule has 0 fully saturated rings. The van der Waals surface area contributed by atoms with E-state index in [1.165, 1.54) is 19.2 Å². The molecule has 2 aromatic rings. The van der Waals surface area contributed by atoms with Gasteiger partial charge in [0.2, 0.25) is 0 Å². The van der Waals surface area contributed by atoms with Crippen LogP contribution in [0, 0.1) is 12.7 Å². The van der Waals surface area contributed by atoms with Gasteiger partial charge < -0.3 is 4.74 Å². The molecule has 6 heteroatoms. The van der Waals surface area contributed by atoms with Gasteiger partial charge in [0.15, 0.2) is 5.69 Å². The first-order valence-electron chi connectivity index (χ1n) is 5.41. The molecular formula is C13H10ClFN2O2. The molecule has 0 amide bonds. The second-order valence-corrected chi connectivity index (χ2v) is 4.20. The van der Waals surface area contributed by atoms with Crippen LogP contribution in [-0.2, 0) is 4.74 Å². The van der Waals surface area contributed by atoms with Crippen molar-refractivity contribution in [3.8, 4) is 11.1 Å². The largest absolute Gasteiger partial charge is 0.464 e. The summed E-state index contributed by atoms with van der Waals surface area (Å²) < 4.78 is 17.5. The smallest absolute Gasteiger partial charge is 0.360 e. The lowest BCUT2D eigenvalue weighted by Crippen LogP contribution is -2.09. The Morgan fingerprint density at radius 2 is 1.89 bits per heavy atom. The molecule has 0 aliphatic heterocycles. The molecule has 0 saturated heterocycles. The van der Waals surface area contributed by atoms with Gasteiger partial charge in [-0.2, -0.15) is 5.10 Å². The van der Waals surface area contributed by atoms with E-state index in [-0.39, 0.29) is 16.5 Å². The molecule has 0 aliphatic carbocycles. The first-order valence-corrected chi connectivity index (χ1v) is 5.79. The van der Waals surface area contributed by atoms with E-state index >= 15 is 0 Å². The van der Waals surface area contributed by atoms with Crippen LogP contribution in [0.4, 0.5) is 4.39 Å². The Hall–Kier alpha value is -2.01. The van der Waals surface area contributed by atoms with Gasteiger partial charge >= 0.3 is 5.97 Å². The summed E-state index contributed by atoms with van der Waals surface area (Å²) in [5.41, 5.74) is 1.68. The van der Waals surface area contributed by atoms with Crippen molar-refractivity contribution in [2.45, 2.75) is 6.92 Å². The van der Waals surface area contributed by atoms with Crippen LogP contribution in [0.5, 0.6) is 0 Å². The maximum atomic E-state index is 12.9. The van der Waals surface area contributed by atoms with Crippen molar-refractivity contribution in [1.82, 2.24) is 10.2 Å². The standard InChI is InChI=1S/C13H10ClFN2O2/c1-7-10(8-3-5-9(15)6-4-8)11(14)12(17-16-7)13(18)19-2/h3-6H,1-2H3. The molecule has 98 valence electrons. The third-order valence-corrected chi connectivity index (χ3v) is 2.97. The van der Waals surface area contributed by atoms with Crippen LogP contribution in [0.3, 0.4) is 0 Å². The molecule has 0 unspecified atom stereocenters. The number of methoxy groups -OCH3 is 1. The van der Waals surface area contributed by atoms with Gasteiger partial charge in [-0.05, 0) is 24.6 Å². The van der Waals surface area contributed by atoms with Crippen molar-refractivity contribution in [3.05, 3.63) is 46.5 Å². The zero-order valence-electron chi connectivity index (χ0n) is 10.3. The van der Waals surface area contributed by atoms with E-state index in [2.05, 4.69) is 14.9 Å². The van der Waals surface area contributed by atoms with Crippen molar-refractivity contribution in [3.63, 3.8) is 0 Å². The number of hydrogen-bond acceptors (Lipinski definition) is 4. The highest BCUT2D eigenvalue weighted by atomic mass is 35.5. The van der Waals surface area contributed by atoms with Crippen LogP contribution in [0.2, 0.25) is 5.02 Å². The first kappa shape index (κ1) is 13.4. The zero-order valence-corrected chi connectivity index (χ0v) is 11.0. The number of carbonyl (C=O) groups is 1. The van der Waals surface area contributed by atoms with Crippen molar-refractivity contribution in [1.29, 1.82) is 0 Å². The zero-order chi connectivity index (χ0) is 14.0. The number of esters is 1. The first-order chi connectivity index (χ1) is 9.04. The Labute approximate surface area is 114 Å². The number of ether oxygens (including phenoxy) is 1. The lowest BCUT2D eigenvalue weighted by atomic mass is 10.0. The van der Waals surface area contributed by atoms with Crippen LogP contribution in [-0.4, -0.2) is 23.3 Å². The second kappa shape index (κ2) is 5.32. The van der Waals surface area contributed by atoms with Crippen LogP contribution in [0.1, 0.15) is 16.2 Å². The highest BCUT2D eigenvalue weighted by Crippen LogP contribution is 2.31. The predicted octanol–water partition coefficient (Wildman–Crippen LogP) is 3.03. The summed E-state index contributed by atoms with van der Waals surface area (Å²) in [5, 5.41) is 7.74. The summed E-state index contributed by atoms with van der Waals surface area (Å²) in [6, 6.07) is 5.74. The number of halogens is 2. The molecule has 0 N–H and O–H groups in total. The van der Waals surface area contributed by atoms with E-state index < -0.39 is 5.97 Å². The van der Waals surface area contributed by atoms with Crippen molar-refractivity contribution < 1.29 is 13.9 Å². The average Bonchev–Trinajstić information content (AvgIpc) is 2.40. The summed E-state index contributed by atoms with van der Waals surface area (Å²) in [5.74, 6) is -1.02. The fourth-order valence-corrected chi connectivity index (χ4v) is 2.04. The number of benzene rings is 1. The van der Waals surface area contributed by atoms with Crippen LogP contribution in [0.15, 0.2) is 24.3 Å². The molecule has 0 saturated carbocycles. The highest BCUT2D eigenvalue weighted by molar-refractivity contribution is 6.36. The maximum Gasteiger partial charge on any atom is 0.360 e. The molecule has 2 rings (SSSR count). The van der Waals surface area contributed by atoms with Crippen LogP contribution >= 0.6 is 11.6 Å². The maximum absolute atomic E-state index is 12.9. The van der Waals surface area contributed by atoms with Crippen molar-refractivity contribution in [2.75, 3.05) is 7.11 Å². The third-order valence-electron chi connectivity index (χ3n) is 2.60. The molecule has 0 atom stereocenters. The normalized spacial score (nSPS) is 10.3. The summed E-state index contributed by atoms with van der Waals surface area (Å²) >= 11 is 6.16. The average molecular weight is 281 g/mol. The predicted molar refractivity (Wildman–Crippen MR) is 68.5 cm³/mol. The quantitative estimate of drug-likeness (QED) is 0.794. The Kier molecular flexibility index (Phi) is 3.76.